The number of aliphatic hydroxyl groups is 5. The third-order valence-electron chi connectivity index (χ3n) is 14.9. The second-order valence-electron chi connectivity index (χ2n) is 22.5. The number of hydrogen-bond donors (Lipinski definition) is 6. The average Bonchev–Trinajstić information content (AvgIpc) is 3.44. The van der Waals surface area contributed by atoms with E-state index in [1.807, 2.05) is 6.08 Å². The number of aliphatic hydroxyl groups excluding tert-OH is 5. The fourth-order valence-corrected chi connectivity index (χ4v) is 9.68. The summed E-state index contributed by atoms with van der Waals surface area (Å²) in [4.78, 5) is 26.6. The van der Waals surface area contributed by atoms with Crippen LogP contribution in [0.3, 0.4) is 0 Å². The monoisotopic (exact) mass is 1150 g/mol. The molecule has 82 heavy (non-hydrogen) atoms. The predicted octanol–water partition coefficient (Wildman–Crippen LogP) is 16.4. The molecule has 11 nitrogen and oxygen atoms in total. The molecule has 8 unspecified atom stereocenters. The Labute approximate surface area is 500 Å². The number of amides is 1. The van der Waals surface area contributed by atoms with Crippen molar-refractivity contribution in [3.05, 3.63) is 109 Å². The van der Waals surface area contributed by atoms with Crippen LogP contribution in [0.4, 0.5) is 0 Å². The standard InChI is InChI=1S/C71H121NO10/c1-4-7-10-13-16-19-22-25-27-29-31-32-33-34-35-37-39-41-44-47-50-53-56-59-66(76)82-69-68(78)67(77)65(60-73)81-71(69)80-61-62(63(74)57-54-51-48-45-42-24-21-18-15-12-9-6-3)72-70(79)64(75)58-55-52-49-46-43-40-38-36-30-28-26-23-20-17-14-11-8-5-2/h7,10,16-17,19-20,25-28,31-32,34-35,39,41,54,57,62-65,67-69,71,73-75,77-78H,4-6,8-9,11-15,18,21-24,29-30,33,36-38,40,42-53,55-56,58-61H2,1-3H3,(H,72,79)/b10-7-,19-16-,20-17-,27-25-,28-26-,32-31-,35-34-,41-39-,57-54+. The molecule has 1 rings (SSSR count). The number of rotatable bonds is 55. The first-order chi connectivity index (χ1) is 40.2. The van der Waals surface area contributed by atoms with E-state index in [1.54, 1.807) is 6.08 Å². The summed E-state index contributed by atoms with van der Waals surface area (Å²) < 4.78 is 17.6. The molecule has 1 aliphatic rings. The minimum absolute atomic E-state index is 0.0877. The highest BCUT2D eigenvalue weighted by Crippen LogP contribution is 2.26. The molecule has 1 heterocycles. The van der Waals surface area contributed by atoms with E-state index < -0.39 is 67.4 Å². The summed E-state index contributed by atoms with van der Waals surface area (Å²) in [5.41, 5.74) is 0. The first-order valence-electron chi connectivity index (χ1n) is 33.2. The highest BCUT2D eigenvalue weighted by atomic mass is 16.7. The van der Waals surface area contributed by atoms with Crippen molar-refractivity contribution in [2.45, 2.75) is 314 Å². The van der Waals surface area contributed by atoms with Crippen LogP contribution in [-0.2, 0) is 23.8 Å². The SMILES string of the molecule is CC/C=C\C/C=C\C/C=C\C/C=C\C/C=C\C/C=C\CCCCCCC(=O)OC1C(OCC(NC(=O)C(O)CCCCCCCCCC/C=C\C/C=C\CCCCC)C(O)/C=C/CCCCCCCCCCCC)OC(CO)C(O)C1O. The van der Waals surface area contributed by atoms with Crippen molar-refractivity contribution in [1.29, 1.82) is 0 Å². The van der Waals surface area contributed by atoms with Crippen molar-refractivity contribution in [2.75, 3.05) is 13.2 Å². The van der Waals surface area contributed by atoms with E-state index in [4.69, 9.17) is 14.2 Å². The van der Waals surface area contributed by atoms with Crippen LogP contribution in [0.2, 0.25) is 0 Å². The van der Waals surface area contributed by atoms with Crippen molar-refractivity contribution >= 4 is 11.9 Å². The Morgan fingerprint density at radius 2 is 0.878 bits per heavy atom. The van der Waals surface area contributed by atoms with Gasteiger partial charge >= 0.3 is 5.97 Å². The normalized spacial score (nSPS) is 19.3. The van der Waals surface area contributed by atoms with Gasteiger partial charge in [-0.05, 0) is 109 Å². The van der Waals surface area contributed by atoms with Crippen LogP contribution < -0.4 is 5.32 Å². The summed E-state index contributed by atoms with van der Waals surface area (Å²) in [5.74, 6) is -1.23. The maximum Gasteiger partial charge on any atom is 0.306 e. The molecule has 1 aliphatic heterocycles. The smallest absolute Gasteiger partial charge is 0.306 e. The molecule has 0 aliphatic carbocycles. The lowest BCUT2D eigenvalue weighted by atomic mass is 9.99. The molecule has 0 aromatic heterocycles. The molecule has 470 valence electrons. The Bertz CT molecular complexity index is 1750. The lowest BCUT2D eigenvalue weighted by molar-refractivity contribution is -0.305. The number of ether oxygens (including phenoxy) is 3. The van der Waals surface area contributed by atoms with Gasteiger partial charge in [0.1, 0.15) is 24.4 Å². The lowest BCUT2D eigenvalue weighted by Gasteiger charge is -2.41. The van der Waals surface area contributed by atoms with Crippen LogP contribution in [-0.4, -0.2) is 99.6 Å². The molecule has 0 spiro atoms. The zero-order chi connectivity index (χ0) is 59.6. The molecule has 0 bridgehead atoms. The van der Waals surface area contributed by atoms with E-state index in [1.165, 1.54) is 103 Å². The molecule has 0 aromatic rings. The van der Waals surface area contributed by atoms with Crippen molar-refractivity contribution in [2.24, 2.45) is 0 Å². The summed E-state index contributed by atoms with van der Waals surface area (Å²) in [7, 11) is 0. The quantitative estimate of drug-likeness (QED) is 0.0195. The van der Waals surface area contributed by atoms with Gasteiger partial charge in [0, 0.05) is 6.42 Å². The van der Waals surface area contributed by atoms with Crippen LogP contribution in [0.25, 0.3) is 0 Å². The first kappa shape index (κ1) is 76.3. The van der Waals surface area contributed by atoms with Gasteiger partial charge in [-0.3, -0.25) is 9.59 Å². The number of carbonyl (C=O) groups excluding carboxylic acids is 2. The van der Waals surface area contributed by atoms with Crippen LogP contribution in [0, 0.1) is 0 Å². The van der Waals surface area contributed by atoms with Crippen LogP contribution >= 0.6 is 0 Å². The molecule has 8 atom stereocenters. The molecule has 1 fully saturated rings. The molecule has 0 saturated carbocycles. The third kappa shape index (κ3) is 44.8. The summed E-state index contributed by atoms with van der Waals surface area (Å²) >= 11 is 0. The number of nitrogens with one attached hydrogen (secondary N) is 1. The minimum atomic E-state index is -1.63. The second kappa shape index (κ2) is 57.7. The third-order valence-corrected chi connectivity index (χ3v) is 14.9. The fourth-order valence-electron chi connectivity index (χ4n) is 9.68. The van der Waals surface area contributed by atoms with E-state index in [-0.39, 0.29) is 19.4 Å². The van der Waals surface area contributed by atoms with Crippen LogP contribution in [0.15, 0.2) is 109 Å². The second-order valence-corrected chi connectivity index (χ2v) is 22.5. The maximum atomic E-state index is 13.4. The largest absolute Gasteiger partial charge is 0.454 e. The van der Waals surface area contributed by atoms with E-state index in [0.717, 1.165) is 116 Å². The molecule has 0 radical (unpaired) electrons. The van der Waals surface area contributed by atoms with Crippen molar-refractivity contribution in [3.8, 4) is 0 Å². The molecular weight excluding hydrogens is 1030 g/mol. The van der Waals surface area contributed by atoms with Gasteiger partial charge in [-0.25, -0.2) is 0 Å². The van der Waals surface area contributed by atoms with Gasteiger partial charge in [-0.2, -0.15) is 0 Å². The van der Waals surface area contributed by atoms with Crippen molar-refractivity contribution in [1.82, 2.24) is 5.32 Å². The van der Waals surface area contributed by atoms with Gasteiger partial charge in [0.05, 0.1) is 25.4 Å². The van der Waals surface area contributed by atoms with Gasteiger partial charge in [-0.1, -0.05) is 259 Å². The van der Waals surface area contributed by atoms with E-state index >= 15 is 0 Å². The first-order valence-corrected chi connectivity index (χ1v) is 33.2. The Hall–Kier alpha value is -3.68. The van der Waals surface area contributed by atoms with Gasteiger partial charge < -0.3 is 45.1 Å². The number of carbonyl (C=O) groups is 2. The Morgan fingerprint density at radius 1 is 0.488 bits per heavy atom. The predicted molar refractivity (Wildman–Crippen MR) is 342 cm³/mol. The van der Waals surface area contributed by atoms with Crippen molar-refractivity contribution in [3.63, 3.8) is 0 Å². The van der Waals surface area contributed by atoms with Crippen LogP contribution in [0.1, 0.15) is 265 Å². The molecule has 1 amide bonds. The zero-order valence-electron chi connectivity index (χ0n) is 52.1. The van der Waals surface area contributed by atoms with Crippen molar-refractivity contribution < 1.29 is 49.3 Å². The highest BCUT2D eigenvalue weighted by Gasteiger charge is 2.47. The number of esters is 1. The molecular formula is C71H121NO10. The number of unbranched alkanes of at least 4 members (excludes halogenated alkanes) is 25. The topological polar surface area (TPSA) is 175 Å². The molecule has 1 saturated heterocycles. The van der Waals surface area contributed by atoms with E-state index in [2.05, 4.69) is 123 Å². The molecule has 6 N–H and O–H groups in total. The Morgan fingerprint density at radius 3 is 1.34 bits per heavy atom. The van der Waals surface area contributed by atoms with Crippen LogP contribution in [0.5, 0.6) is 0 Å². The Kier molecular flexibility index (Phi) is 53.7. The summed E-state index contributed by atoms with van der Waals surface area (Å²) in [6.45, 7) is 5.64. The number of allylic oxidation sites excluding steroid dienone is 17. The minimum Gasteiger partial charge on any atom is -0.454 e. The van der Waals surface area contributed by atoms with E-state index in [0.29, 0.717) is 12.8 Å². The van der Waals surface area contributed by atoms with Gasteiger partial charge in [0.15, 0.2) is 12.4 Å². The lowest BCUT2D eigenvalue weighted by Crippen LogP contribution is -2.61. The zero-order valence-corrected chi connectivity index (χ0v) is 52.1. The molecule has 11 heteroatoms. The number of hydrogen-bond acceptors (Lipinski definition) is 10. The maximum absolute atomic E-state index is 13.4. The Balaban J connectivity index is 2.66. The average molecular weight is 1150 g/mol. The van der Waals surface area contributed by atoms with E-state index in [9.17, 15) is 35.1 Å². The van der Waals surface area contributed by atoms with Gasteiger partial charge in [-0.15, -0.1) is 0 Å². The van der Waals surface area contributed by atoms with Gasteiger partial charge in [0.25, 0.3) is 0 Å². The summed E-state index contributed by atoms with van der Waals surface area (Å²) in [5, 5.41) is 57.1. The summed E-state index contributed by atoms with van der Waals surface area (Å²) in [6.07, 6.45) is 68.3. The fraction of sp³-hybridized carbons (Fsp3) is 0.718. The molecule has 0 aromatic carbocycles. The highest BCUT2D eigenvalue weighted by molar-refractivity contribution is 5.80. The van der Waals surface area contributed by atoms with Gasteiger partial charge in [0.2, 0.25) is 5.91 Å². The summed E-state index contributed by atoms with van der Waals surface area (Å²) in [6, 6.07) is -1.04.